The predicted molar refractivity (Wildman–Crippen MR) is 90.0 cm³/mol. The van der Waals surface area contributed by atoms with E-state index in [2.05, 4.69) is 5.32 Å². The van der Waals surface area contributed by atoms with Gasteiger partial charge in [0, 0.05) is 13.1 Å². The van der Waals surface area contributed by atoms with E-state index in [4.69, 9.17) is 19.3 Å². The van der Waals surface area contributed by atoms with Gasteiger partial charge in [0.2, 0.25) is 5.75 Å². The number of rotatable bonds is 8. The van der Waals surface area contributed by atoms with Crippen molar-refractivity contribution in [1.82, 2.24) is 5.32 Å². The lowest BCUT2D eigenvalue weighted by Gasteiger charge is -2.14. The summed E-state index contributed by atoms with van der Waals surface area (Å²) in [5.74, 6) is 0.860. The first-order chi connectivity index (χ1) is 11.6. The molecule has 0 atom stereocenters. The number of carboxylic acids is 1. The first-order valence-corrected chi connectivity index (χ1v) is 7.41. The Morgan fingerprint density at radius 1 is 0.917 bits per heavy atom. The van der Waals surface area contributed by atoms with Crippen LogP contribution >= 0.6 is 0 Å². The lowest BCUT2D eigenvalue weighted by atomic mass is 10.1. The highest BCUT2D eigenvalue weighted by atomic mass is 16.5. The molecular weight excluding hydrogens is 310 g/mol. The first kappa shape index (κ1) is 17.6. The standard InChI is InChI=1S/C18H21NO5/c1-22-15-8-13(9-16(23-2)17(15)24-3)11-19-10-12-4-6-14(7-5-12)18(20)21/h4-9,19H,10-11H2,1-3H3,(H,20,21). The second-order valence-corrected chi connectivity index (χ2v) is 5.14. The fourth-order valence-electron chi connectivity index (χ4n) is 2.35. The van der Waals surface area contributed by atoms with Gasteiger partial charge in [-0.15, -0.1) is 0 Å². The number of carbonyl (C=O) groups is 1. The van der Waals surface area contributed by atoms with Crippen LogP contribution in [0.4, 0.5) is 0 Å². The first-order valence-electron chi connectivity index (χ1n) is 7.41. The highest BCUT2D eigenvalue weighted by molar-refractivity contribution is 5.87. The minimum absolute atomic E-state index is 0.281. The Hall–Kier alpha value is -2.73. The predicted octanol–water partition coefficient (Wildman–Crippen LogP) is 2.70. The van der Waals surface area contributed by atoms with Crippen LogP contribution in [0.3, 0.4) is 0 Å². The number of carboxylic acid groups (broad SMARTS) is 1. The van der Waals surface area contributed by atoms with Crippen LogP contribution in [-0.2, 0) is 13.1 Å². The molecule has 0 saturated carbocycles. The molecule has 2 rings (SSSR count). The van der Waals surface area contributed by atoms with Crippen molar-refractivity contribution in [2.75, 3.05) is 21.3 Å². The Labute approximate surface area is 141 Å². The molecular formula is C18H21NO5. The van der Waals surface area contributed by atoms with E-state index in [0.717, 1.165) is 11.1 Å². The maximum Gasteiger partial charge on any atom is 0.335 e. The summed E-state index contributed by atoms with van der Waals surface area (Å²) in [5.41, 5.74) is 2.28. The molecule has 0 aromatic heterocycles. The highest BCUT2D eigenvalue weighted by Crippen LogP contribution is 2.38. The van der Waals surface area contributed by atoms with E-state index in [1.165, 1.54) is 0 Å². The van der Waals surface area contributed by atoms with Gasteiger partial charge in [-0.1, -0.05) is 12.1 Å². The summed E-state index contributed by atoms with van der Waals surface area (Å²) in [6.45, 7) is 1.23. The molecule has 0 heterocycles. The molecule has 0 amide bonds. The van der Waals surface area contributed by atoms with Crippen molar-refractivity contribution in [2.45, 2.75) is 13.1 Å². The Kier molecular flexibility index (Phi) is 6.03. The molecule has 0 saturated heterocycles. The van der Waals surface area contributed by atoms with Crippen LogP contribution in [0.5, 0.6) is 17.2 Å². The Bertz CT molecular complexity index is 672. The number of nitrogens with one attached hydrogen (secondary N) is 1. The molecule has 0 aliphatic heterocycles. The second-order valence-electron chi connectivity index (χ2n) is 5.14. The molecule has 6 heteroatoms. The second kappa shape index (κ2) is 8.21. The van der Waals surface area contributed by atoms with Crippen molar-refractivity contribution in [3.05, 3.63) is 53.1 Å². The van der Waals surface area contributed by atoms with E-state index >= 15 is 0 Å². The van der Waals surface area contributed by atoms with Gasteiger partial charge in [-0.3, -0.25) is 0 Å². The Morgan fingerprint density at radius 2 is 1.46 bits per heavy atom. The molecule has 6 nitrogen and oxygen atoms in total. The van der Waals surface area contributed by atoms with E-state index in [-0.39, 0.29) is 5.56 Å². The quantitative estimate of drug-likeness (QED) is 0.774. The number of methoxy groups -OCH3 is 3. The van der Waals surface area contributed by atoms with Gasteiger partial charge >= 0.3 is 5.97 Å². The third-order valence-electron chi connectivity index (χ3n) is 3.58. The molecule has 0 aliphatic rings. The van der Waals surface area contributed by atoms with Gasteiger partial charge in [0.05, 0.1) is 26.9 Å². The van der Waals surface area contributed by atoms with Crippen molar-refractivity contribution >= 4 is 5.97 Å². The van der Waals surface area contributed by atoms with Gasteiger partial charge < -0.3 is 24.6 Å². The fraction of sp³-hybridized carbons (Fsp3) is 0.278. The third-order valence-corrected chi connectivity index (χ3v) is 3.58. The van der Waals surface area contributed by atoms with Crippen molar-refractivity contribution in [3.63, 3.8) is 0 Å². The molecule has 2 N–H and O–H groups in total. The molecule has 0 aliphatic carbocycles. The van der Waals surface area contributed by atoms with Gasteiger partial charge in [-0.25, -0.2) is 4.79 Å². The average Bonchev–Trinajstić information content (AvgIpc) is 2.61. The number of ether oxygens (including phenoxy) is 3. The molecule has 128 valence electrons. The summed E-state index contributed by atoms with van der Waals surface area (Å²) in [6.07, 6.45) is 0. The van der Waals surface area contributed by atoms with E-state index in [9.17, 15) is 4.79 Å². The van der Waals surface area contributed by atoms with E-state index in [1.54, 1.807) is 45.6 Å². The van der Waals surface area contributed by atoms with E-state index in [1.807, 2.05) is 12.1 Å². The van der Waals surface area contributed by atoms with Gasteiger partial charge in [0.1, 0.15) is 0 Å². The smallest absolute Gasteiger partial charge is 0.335 e. The summed E-state index contributed by atoms with van der Waals surface area (Å²) in [7, 11) is 4.73. The Balaban J connectivity index is 2.02. The highest BCUT2D eigenvalue weighted by Gasteiger charge is 2.12. The molecule has 0 bridgehead atoms. The van der Waals surface area contributed by atoms with Crippen LogP contribution in [0.25, 0.3) is 0 Å². The van der Waals surface area contributed by atoms with Crippen molar-refractivity contribution in [1.29, 1.82) is 0 Å². The van der Waals surface area contributed by atoms with E-state index < -0.39 is 5.97 Å². The Morgan fingerprint density at radius 3 is 1.92 bits per heavy atom. The van der Waals surface area contributed by atoms with Crippen LogP contribution < -0.4 is 19.5 Å². The van der Waals surface area contributed by atoms with Crippen LogP contribution in [0.1, 0.15) is 21.5 Å². The summed E-state index contributed by atoms with van der Waals surface area (Å²) in [4.78, 5) is 10.8. The third kappa shape index (κ3) is 4.17. The summed E-state index contributed by atoms with van der Waals surface area (Å²) in [6, 6.07) is 10.6. The maximum atomic E-state index is 10.8. The summed E-state index contributed by atoms with van der Waals surface area (Å²) in [5, 5.41) is 12.2. The monoisotopic (exact) mass is 331 g/mol. The summed E-state index contributed by atoms with van der Waals surface area (Å²) < 4.78 is 16.0. The van der Waals surface area contributed by atoms with E-state index in [0.29, 0.717) is 30.3 Å². The SMILES string of the molecule is COc1cc(CNCc2ccc(C(=O)O)cc2)cc(OC)c1OC. The fourth-order valence-corrected chi connectivity index (χ4v) is 2.35. The number of aromatic carboxylic acids is 1. The lowest BCUT2D eigenvalue weighted by molar-refractivity contribution is 0.0697. The van der Waals surface area contributed by atoms with Crippen LogP contribution in [0.15, 0.2) is 36.4 Å². The molecule has 24 heavy (non-hydrogen) atoms. The normalized spacial score (nSPS) is 10.3. The molecule has 0 unspecified atom stereocenters. The lowest BCUT2D eigenvalue weighted by Crippen LogP contribution is -2.13. The number of benzene rings is 2. The van der Waals surface area contributed by atoms with Crippen molar-refractivity contribution in [3.8, 4) is 17.2 Å². The van der Waals surface area contributed by atoms with Crippen LogP contribution in [-0.4, -0.2) is 32.4 Å². The van der Waals surface area contributed by atoms with Gasteiger partial charge in [-0.05, 0) is 35.4 Å². The molecule has 2 aromatic carbocycles. The zero-order valence-electron chi connectivity index (χ0n) is 14.0. The molecule has 0 fully saturated rings. The van der Waals surface area contributed by atoms with Gasteiger partial charge in [-0.2, -0.15) is 0 Å². The van der Waals surface area contributed by atoms with Gasteiger partial charge in [0.25, 0.3) is 0 Å². The number of hydrogen-bond donors (Lipinski definition) is 2. The van der Waals surface area contributed by atoms with Crippen molar-refractivity contribution < 1.29 is 24.1 Å². The van der Waals surface area contributed by atoms with Gasteiger partial charge in [0.15, 0.2) is 11.5 Å². The van der Waals surface area contributed by atoms with Crippen LogP contribution in [0.2, 0.25) is 0 Å². The average molecular weight is 331 g/mol. The largest absolute Gasteiger partial charge is 0.493 e. The van der Waals surface area contributed by atoms with Crippen LogP contribution in [0, 0.1) is 0 Å². The zero-order chi connectivity index (χ0) is 17.5. The minimum atomic E-state index is -0.924. The molecule has 2 aromatic rings. The zero-order valence-corrected chi connectivity index (χ0v) is 14.0. The number of hydrogen-bond acceptors (Lipinski definition) is 5. The topological polar surface area (TPSA) is 77.0 Å². The maximum absolute atomic E-state index is 10.8. The summed E-state index contributed by atoms with van der Waals surface area (Å²) >= 11 is 0. The molecule has 0 radical (unpaired) electrons. The minimum Gasteiger partial charge on any atom is -0.493 e. The molecule has 0 spiro atoms. The van der Waals surface area contributed by atoms with Crippen molar-refractivity contribution in [2.24, 2.45) is 0 Å².